The van der Waals surface area contributed by atoms with Gasteiger partial charge in [-0.2, -0.15) is 0 Å². The van der Waals surface area contributed by atoms with Gasteiger partial charge in [-0.3, -0.25) is 10.1 Å². The number of nitro benzene ring substituents is 1. The Balaban J connectivity index is 1.59. The summed E-state index contributed by atoms with van der Waals surface area (Å²) in [5.74, 6) is 0.355. The molecule has 0 amide bonds. The number of nitro groups is 1. The molecule has 1 aromatic carbocycles. The molecular formula is C19H20N4O4S. The molecule has 3 aromatic rings. The van der Waals surface area contributed by atoms with E-state index in [0.717, 1.165) is 36.2 Å². The van der Waals surface area contributed by atoms with Gasteiger partial charge >= 0.3 is 0 Å². The Hall–Kier alpha value is -2.94. The van der Waals surface area contributed by atoms with Crippen molar-refractivity contribution in [2.24, 2.45) is 0 Å². The molecule has 8 nitrogen and oxygen atoms in total. The van der Waals surface area contributed by atoms with Crippen LogP contribution in [0.15, 0.2) is 47.6 Å². The summed E-state index contributed by atoms with van der Waals surface area (Å²) in [5, 5.41) is 12.2. The van der Waals surface area contributed by atoms with Crippen molar-refractivity contribution in [1.29, 1.82) is 0 Å². The van der Waals surface area contributed by atoms with Crippen LogP contribution in [0.2, 0.25) is 0 Å². The summed E-state index contributed by atoms with van der Waals surface area (Å²) in [6, 6.07) is 8.04. The summed E-state index contributed by atoms with van der Waals surface area (Å²) < 4.78 is 24.4. The standard InChI is InChI=1S/C19H20N4O4S/c1-28(26,27)18-11-14(23(24)25)4-5-17(18)22-9-6-13(7-10-22)16-12-21-19-15(16)3-2-8-20-19/h2-5,8,11-13H,6-7,9-10H2,1H3,(H,20,21). The lowest BCUT2D eigenvalue weighted by molar-refractivity contribution is -0.385. The second-order valence-corrected chi connectivity index (χ2v) is 9.07. The molecule has 1 aliphatic heterocycles. The fraction of sp³-hybridized carbons (Fsp3) is 0.316. The lowest BCUT2D eigenvalue weighted by Gasteiger charge is -2.34. The maximum atomic E-state index is 12.2. The molecule has 0 radical (unpaired) electrons. The van der Waals surface area contributed by atoms with Crippen LogP contribution in [0.25, 0.3) is 11.0 Å². The van der Waals surface area contributed by atoms with E-state index in [1.807, 2.05) is 17.2 Å². The van der Waals surface area contributed by atoms with Gasteiger partial charge in [0.25, 0.3) is 5.69 Å². The van der Waals surface area contributed by atoms with Gasteiger partial charge in [-0.15, -0.1) is 0 Å². The fourth-order valence-corrected chi connectivity index (χ4v) is 4.83. The lowest BCUT2D eigenvalue weighted by Crippen LogP contribution is -2.33. The normalized spacial score (nSPS) is 15.8. The summed E-state index contributed by atoms with van der Waals surface area (Å²) in [6.45, 7) is 1.36. The van der Waals surface area contributed by atoms with Crippen LogP contribution in [0.1, 0.15) is 24.3 Å². The number of H-pyrrole nitrogens is 1. The van der Waals surface area contributed by atoms with Crippen LogP contribution in [-0.2, 0) is 9.84 Å². The quantitative estimate of drug-likeness (QED) is 0.532. The van der Waals surface area contributed by atoms with E-state index in [2.05, 4.69) is 16.0 Å². The number of rotatable bonds is 4. The number of hydrogen-bond acceptors (Lipinski definition) is 6. The van der Waals surface area contributed by atoms with Crippen LogP contribution in [0, 0.1) is 10.1 Å². The zero-order chi connectivity index (χ0) is 19.9. The number of fused-ring (bicyclic) bond motifs is 1. The van der Waals surface area contributed by atoms with Crippen LogP contribution >= 0.6 is 0 Å². The SMILES string of the molecule is CS(=O)(=O)c1cc([N+](=O)[O-])ccc1N1CCC(c2c[nH]c3ncccc23)CC1. The zero-order valence-corrected chi connectivity index (χ0v) is 16.1. The van der Waals surface area contributed by atoms with Gasteiger partial charge in [0.1, 0.15) is 5.65 Å². The third kappa shape index (κ3) is 3.33. The predicted molar refractivity (Wildman–Crippen MR) is 106 cm³/mol. The van der Waals surface area contributed by atoms with Gasteiger partial charge in [-0.25, -0.2) is 13.4 Å². The Morgan fingerprint density at radius 1 is 1.25 bits per heavy atom. The smallest absolute Gasteiger partial charge is 0.270 e. The van der Waals surface area contributed by atoms with E-state index in [-0.39, 0.29) is 10.6 Å². The molecule has 0 saturated carbocycles. The summed E-state index contributed by atoms with van der Waals surface area (Å²) >= 11 is 0. The van der Waals surface area contributed by atoms with E-state index in [1.165, 1.54) is 11.6 Å². The largest absolute Gasteiger partial charge is 0.370 e. The molecule has 4 rings (SSSR count). The van der Waals surface area contributed by atoms with Gasteiger partial charge in [-0.05, 0) is 42.5 Å². The van der Waals surface area contributed by atoms with Crippen LogP contribution < -0.4 is 4.90 Å². The second kappa shape index (κ2) is 6.90. The predicted octanol–water partition coefficient (Wildman–Crippen LogP) is 3.26. The van der Waals surface area contributed by atoms with Crippen molar-refractivity contribution >= 4 is 32.2 Å². The van der Waals surface area contributed by atoms with E-state index in [0.29, 0.717) is 24.7 Å². The van der Waals surface area contributed by atoms with E-state index in [9.17, 15) is 18.5 Å². The average molecular weight is 400 g/mol. The number of nitrogens with one attached hydrogen (secondary N) is 1. The molecule has 1 aliphatic rings. The first-order valence-corrected chi connectivity index (χ1v) is 10.9. The zero-order valence-electron chi connectivity index (χ0n) is 15.3. The highest BCUT2D eigenvalue weighted by atomic mass is 32.2. The summed E-state index contributed by atoms with van der Waals surface area (Å²) in [6.07, 6.45) is 6.57. The minimum atomic E-state index is -3.58. The number of sulfone groups is 1. The molecule has 1 saturated heterocycles. The number of piperidine rings is 1. The van der Waals surface area contributed by atoms with Crippen molar-refractivity contribution in [1.82, 2.24) is 9.97 Å². The minimum Gasteiger partial charge on any atom is -0.370 e. The molecule has 0 atom stereocenters. The van der Waals surface area contributed by atoms with E-state index in [4.69, 9.17) is 0 Å². The highest BCUT2D eigenvalue weighted by molar-refractivity contribution is 7.90. The number of benzene rings is 1. The molecular weight excluding hydrogens is 380 g/mol. The molecule has 146 valence electrons. The first-order chi connectivity index (χ1) is 13.3. The first-order valence-electron chi connectivity index (χ1n) is 9.00. The van der Waals surface area contributed by atoms with Crippen LogP contribution in [0.3, 0.4) is 0 Å². The molecule has 1 N–H and O–H groups in total. The average Bonchev–Trinajstić information content (AvgIpc) is 3.11. The van der Waals surface area contributed by atoms with Gasteiger partial charge in [0.15, 0.2) is 9.84 Å². The molecule has 0 bridgehead atoms. The molecule has 0 aliphatic carbocycles. The molecule has 0 unspecified atom stereocenters. The van der Waals surface area contributed by atoms with Crippen molar-refractivity contribution in [2.45, 2.75) is 23.7 Å². The van der Waals surface area contributed by atoms with Gasteiger partial charge in [0.05, 0.1) is 15.5 Å². The molecule has 28 heavy (non-hydrogen) atoms. The third-order valence-electron chi connectivity index (χ3n) is 5.31. The number of anilines is 1. The molecule has 1 fully saturated rings. The molecule has 9 heteroatoms. The van der Waals surface area contributed by atoms with Crippen LogP contribution in [-0.4, -0.2) is 42.7 Å². The van der Waals surface area contributed by atoms with Crippen molar-refractivity contribution in [3.05, 3.63) is 58.4 Å². The van der Waals surface area contributed by atoms with Gasteiger partial charge < -0.3 is 9.88 Å². The highest BCUT2D eigenvalue weighted by Crippen LogP contribution is 2.36. The summed E-state index contributed by atoms with van der Waals surface area (Å²) in [4.78, 5) is 20.0. The first kappa shape index (κ1) is 18.4. The van der Waals surface area contributed by atoms with E-state index in [1.54, 1.807) is 12.3 Å². The van der Waals surface area contributed by atoms with Gasteiger partial charge in [0, 0.05) is 49.3 Å². The fourth-order valence-electron chi connectivity index (χ4n) is 3.92. The van der Waals surface area contributed by atoms with Crippen molar-refractivity contribution < 1.29 is 13.3 Å². The monoisotopic (exact) mass is 400 g/mol. The van der Waals surface area contributed by atoms with Crippen LogP contribution in [0.4, 0.5) is 11.4 Å². The van der Waals surface area contributed by atoms with Crippen molar-refractivity contribution in [2.75, 3.05) is 24.2 Å². The maximum absolute atomic E-state index is 12.2. The topological polar surface area (TPSA) is 109 Å². The second-order valence-electron chi connectivity index (χ2n) is 7.09. The van der Waals surface area contributed by atoms with E-state index < -0.39 is 14.8 Å². The van der Waals surface area contributed by atoms with E-state index >= 15 is 0 Å². The number of nitrogens with zero attached hydrogens (tertiary/aromatic N) is 3. The molecule has 3 heterocycles. The van der Waals surface area contributed by atoms with Crippen molar-refractivity contribution in [3.8, 4) is 0 Å². The Morgan fingerprint density at radius 2 is 2.00 bits per heavy atom. The Bertz CT molecular complexity index is 1150. The van der Waals surface area contributed by atoms with Crippen LogP contribution in [0.5, 0.6) is 0 Å². The summed E-state index contributed by atoms with van der Waals surface area (Å²) in [5.41, 5.74) is 2.42. The number of non-ortho nitro benzene ring substituents is 1. The van der Waals surface area contributed by atoms with Crippen molar-refractivity contribution in [3.63, 3.8) is 0 Å². The van der Waals surface area contributed by atoms with Gasteiger partial charge in [0.2, 0.25) is 0 Å². The lowest BCUT2D eigenvalue weighted by atomic mass is 9.89. The summed E-state index contributed by atoms with van der Waals surface area (Å²) in [7, 11) is -3.58. The Kier molecular flexibility index (Phi) is 4.54. The maximum Gasteiger partial charge on any atom is 0.270 e. The Labute approximate surface area is 162 Å². The Morgan fingerprint density at radius 3 is 2.68 bits per heavy atom. The third-order valence-corrected chi connectivity index (χ3v) is 6.44. The highest BCUT2D eigenvalue weighted by Gasteiger charge is 2.27. The molecule has 0 spiro atoms. The number of hydrogen-bond donors (Lipinski definition) is 1. The number of aromatic nitrogens is 2. The molecule has 2 aromatic heterocycles. The number of aromatic amines is 1. The minimum absolute atomic E-state index is 0.0106. The van der Waals surface area contributed by atoms with Gasteiger partial charge in [-0.1, -0.05) is 0 Å². The number of pyridine rings is 1.